The molecule has 484 valence electrons. The standard InChI is InChI=1S/C56H87N7O22S/c1-6-9-42(65)32(4)59-54(82)35(30-86-5)25-36(64)28-58-55(83)40(24-31(2)3)62-56(84)41-10-7-22-63(41)46(69)29-85-23-8-11-43(66)38(15-20-50(76)77)60-53(81)34(13-18-48(72)73)27-45(68)39(16-21-51(78)79)61-52(80)33(12-17-47(70)71)26-44(67)37(57)14-19-49(74)75/h31-35,37-41H,6-30,57H2,1-5H3,(H,58,83)(H,59,82)(H,60,81)(H,61,80)(H,62,84)(H,70,71)(H,72,73)(H,74,75)(H,76,77)(H,78,79)/t32-,33-,34-,35-,37+,38+,39+,40-,41-/m0/s1. The summed E-state index contributed by atoms with van der Waals surface area (Å²) in [7, 11) is 0. The topological polar surface area (TPSA) is 473 Å². The Labute approximate surface area is 502 Å². The molecule has 0 aromatic carbocycles. The second kappa shape index (κ2) is 41.0. The molecule has 1 aliphatic heterocycles. The Morgan fingerprint density at radius 3 is 1.58 bits per heavy atom. The number of carboxylic acids is 5. The Bertz CT molecular complexity index is 2400. The number of carboxylic acid groups (broad SMARTS) is 5. The highest BCUT2D eigenvalue weighted by Crippen LogP contribution is 2.22. The molecule has 29 nitrogen and oxygen atoms in total. The Hall–Kier alpha value is -7.21. The van der Waals surface area contributed by atoms with E-state index >= 15 is 0 Å². The molecule has 0 spiro atoms. The third kappa shape index (κ3) is 31.3. The fourth-order valence-corrected chi connectivity index (χ4v) is 9.91. The molecule has 0 radical (unpaired) electrons. The van der Waals surface area contributed by atoms with Crippen molar-refractivity contribution in [3.05, 3.63) is 0 Å². The number of Topliss-reactive ketones (excluding diaryl/α,β-unsaturated/α-hetero) is 5. The zero-order chi connectivity index (χ0) is 65.2. The molecule has 0 saturated carbocycles. The smallest absolute Gasteiger partial charge is 0.303 e. The van der Waals surface area contributed by atoms with Crippen LogP contribution in [0.3, 0.4) is 0 Å². The quantitative estimate of drug-likeness (QED) is 0.0371. The summed E-state index contributed by atoms with van der Waals surface area (Å²) in [5.74, 6) is -18.0. The number of likely N-dealkylation sites (tertiary alicyclic amines) is 1. The number of rotatable bonds is 48. The normalized spacial score (nSPS) is 15.7. The Morgan fingerprint density at radius 1 is 0.570 bits per heavy atom. The third-order valence-electron chi connectivity index (χ3n) is 14.0. The average molecular weight is 1240 g/mol. The van der Waals surface area contributed by atoms with Gasteiger partial charge in [0.05, 0.1) is 36.6 Å². The van der Waals surface area contributed by atoms with Crippen molar-refractivity contribution in [3.63, 3.8) is 0 Å². The van der Waals surface area contributed by atoms with Crippen LogP contribution in [-0.2, 0) is 81.4 Å². The van der Waals surface area contributed by atoms with Crippen LogP contribution in [0.15, 0.2) is 0 Å². The molecule has 6 amide bonds. The molecule has 9 atom stereocenters. The summed E-state index contributed by atoms with van der Waals surface area (Å²) in [6, 6.07) is -7.40. The van der Waals surface area contributed by atoms with Gasteiger partial charge in [0.2, 0.25) is 35.4 Å². The molecular formula is C56H87N7O22S. The maximum atomic E-state index is 13.9. The van der Waals surface area contributed by atoms with Crippen LogP contribution in [0.25, 0.3) is 0 Å². The van der Waals surface area contributed by atoms with Crippen LogP contribution in [0.4, 0.5) is 0 Å². The Morgan fingerprint density at radius 2 is 1.07 bits per heavy atom. The first-order valence-electron chi connectivity index (χ1n) is 28.7. The zero-order valence-corrected chi connectivity index (χ0v) is 50.4. The minimum atomic E-state index is -1.70. The molecular weight excluding hydrogens is 1150 g/mol. The molecule has 1 aliphatic rings. The molecule has 0 aliphatic carbocycles. The van der Waals surface area contributed by atoms with Crippen molar-refractivity contribution in [3.8, 4) is 0 Å². The molecule has 1 fully saturated rings. The molecule has 1 saturated heterocycles. The number of carbonyl (C=O) groups is 16. The van der Waals surface area contributed by atoms with Crippen LogP contribution >= 0.6 is 11.8 Å². The van der Waals surface area contributed by atoms with E-state index < -0.39 is 226 Å². The van der Waals surface area contributed by atoms with Gasteiger partial charge in [-0.2, -0.15) is 11.8 Å². The minimum Gasteiger partial charge on any atom is -0.481 e. The van der Waals surface area contributed by atoms with Gasteiger partial charge in [-0.1, -0.05) is 20.8 Å². The van der Waals surface area contributed by atoms with Crippen molar-refractivity contribution in [1.29, 1.82) is 0 Å². The molecule has 0 bridgehead atoms. The lowest BCUT2D eigenvalue weighted by Gasteiger charge is -2.27. The SMILES string of the molecule is CCCC(=O)[C@H](C)NC(=O)[C@H](CSC)CC(=O)CNC(=O)[C@H](CC(C)C)NC(=O)[C@@H]1CCCN1C(=O)COCCCC(=O)[C@@H](CCC(=O)O)NC(=O)[C@@H](CCC(=O)O)CC(=O)[C@@H](CCC(=O)O)NC(=O)[C@@H](CCC(=O)O)CC(=O)[C@H](N)CCC(=O)O. The molecule has 1 rings (SSSR count). The van der Waals surface area contributed by atoms with E-state index in [4.69, 9.17) is 15.6 Å². The lowest BCUT2D eigenvalue weighted by Crippen LogP contribution is -2.54. The van der Waals surface area contributed by atoms with E-state index in [-0.39, 0.29) is 75.6 Å². The third-order valence-corrected chi connectivity index (χ3v) is 14.7. The fraction of sp³-hybridized carbons (Fsp3) is 0.714. The summed E-state index contributed by atoms with van der Waals surface area (Å²) >= 11 is 1.34. The maximum absolute atomic E-state index is 13.9. The van der Waals surface area contributed by atoms with Crippen molar-refractivity contribution in [1.82, 2.24) is 31.5 Å². The van der Waals surface area contributed by atoms with E-state index in [0.717, 1.165) is 0 Å². The Balaban J connectivity index is 3.09. The van der Waals surface area contributed by atoms with E-state index in [0.29, 0.717) is 12.8 Å². The fourth-order valence-electron chi connectivity index (χ4n) is 9.24. The molecule has 30 heteroatoms. The number of hydrogen-bond donors (Lipinski definition) is 11. The van der Waals surface area contributed by atoms with E-state index in [1.165, 1.54) is 16.7 Å². The summed E-state index contributed by atoms with van der Waals surface area (Å²) in [5, 5.41) is 59.2. The monoisotopic (exact) mass is 1240 g/mol. The number of ether oxygens (including phenoxy) is 1. The van der Waals surface area contributed by atoms with Crippen LogP contribution in [0, 0.1) is 23.7 Å². The van der Waals surface area contributed by atoms with Gasteiger partial charge in [0.25, 0.3) is 0 Å². The number of ketones is 5. The van der Waals surface area contributed by atoms with Gasteiger partial charge in [-0.05, 0) is 83.3 Å². The van der Waals surface area contributed by atoms with Crippen LogP contribution in [-0.4, -0.2) is 199 Å². The van der Waals surface area contributed by atoms with Crippen molar-refractivity contribution >= 4 is 106 Å². The lowest BCUT2D eigenvalue weighted by molar-refractivity contribution is -0.143. The highest BCUT2D eigenvalue weighted by atomic mass is 32.2. The number of nitrogens with zero attached hydrogens (tertiary/aromatic N) is 1. The number of nitrogens with two attached hydrogens (primary N) is 1. The van der Waals surface area contributed by atoms with Crippen molar-refractivity contribution in [2.24, 2.45) is 29.4 Å². The maximum Gasteiger partial charge on any atom is 0.303 e. The number of thioether (sulfide) groups is 1. The van der Waals surface area contributed by atoms with Crippen molar-refractivity contribution in [2.45, 2.75) is 192 Å². The molecule has 12 N–H and O–H groups in total. The van der Waals surface area contributed by atoms with Gasteiger partial charge in [0, 0.05) is 94.9 Å². The number of hydrogen-bond acceptors (Lipinski definition) is 19. The first-order chi connectivity index (χ1) is 40.4. The van der Waals surface area contributed by atoms with Gasteiger partial charge in [-0.3, -0.25) is 76.7 Å². The highest BCUT2D eigenvalue weighted by molar-refractivity contribution is 7.98. The van der Waals surface area contributed by atoms with Gasteiger partial charge >= 0.3 is 29.8 Å². The summed E-state index contributed by atoms with van der Waals surface area (Å²) < 4.78 is 5.55. The first kappa shape index (κ1) is 76.8. The van der Waals surface area contributed by atoms with Crippen LogP contribution in [0.5, 0.6) is 0 Å². The second-order valence-corrected chi connectivity index (χ2v) is 22.7. The second-order valence-electron chi connectivity index (χ2n) is 21.7. The van der Waals surface area contributed by atoms with Gasteiger partial charge < -0.3 is 67.5 Å². The van der Waals surface area contributed by atoms with Gasteiger partial charge in [-0.25, -0.2) is 0 Å². The number of aliphatic carboxylic acids is 5. The Kier molecular flexibility index (Phi) is 36.6. The molecule has 1 heterocycles. The number of nitrogens with one attached hydrogen (secondary N) is 5. The number of amides is 6. The van der Waals surface area contributed by atoms with Crippen molar-refractivity contribution < 1.29 is 107 Å². The molecule has 0 aromatic rings. The van der Waals surface area contributed by atoms with E-state index in [9.17, 15) is 97.1 Å². The van der Waals surface area contributed by atoms with Crippen LogP contribution < -0.4 is 32.3 Å². The largest absolute Gasteiger partial charge is 0.481 e. The summed E-state index contributed by atoms with van der Waals surface area (Å²) in [6.45, 7) is 6.01. The van der Waals surface area contributed by atoms with Crippen LogP contribution in [0.1, 0.15) is 156 Å². The van der Waals surface area contributed by atoms with E-state index in [1.54, 1.807) is 13.2 Å². The predicted molar refractivity (Wildman–Crippen MR) is 306 cm³/mol. The molecule has 0 aromatic heterocycles. The van der Waals surface area contributed by atoms with Crippen LogP contribution in [0.2, 0.25) is 0 Å². The summed E-state index contributed by atoms with van der Waals surface area (Å²) in [5.41, 5.74) is 5.80. The van der Waals surface area contributed by atoms with E-state index in [1.807, 2.05) is 20.8 Å². The van der Waals surface area contributed by atoms with Gasteiger partial charge in [0.1, 0.15) is 24.5 Å². The highest BCUT2D eigenvalue weighted by Gasteiger charge is 2.37. The predicted octanol–water partition coefficient (Wildman–Crippen LogP) is 0.574. The lowest BCUT2D eigenvalue weighted by atomic mass is 9.89. The molecule has 0 unspecified atom stereocenters. The first-order valence-corrected chi connectivity index (χ1v) is 30.1. The van der Waals surface area contributed by atoms with E-state index in [2.05, 4.69) is 26.6 Å². The number of carbonyl (C=O) groups excluding carboxylic acids is 11. The zero-order valence-electron chi connectivity index (χ0n) is 49.6. The average Bonchev–Trinajstić information content (AvgIpc) is 3.73. The van der Waals surface area contributed by atoms with Gasteiger partial charge in [0.15, 0.2) is 23.1 Å². The summed E-state index contributed by atoms with van der Waals surface area (Å²) in [6.07, 6.45) is -4.28. The molecule has 86 heavy (non-hydrogen) atoms. The minimum absolute atomic E-state index is 0.0755. The van der Waals surface area contributed by atoms with Crippen molar-refractivity contribution in [2.75, 3.05) is 38.3 Å². The van der Waals surface area contributed by atoms with Gasteiger partial charge in [-0.15, -0.1) is 0 Å². The summed E-state index contributed by atoms with van der Waals surface area (Å²) in [4.78, 5) is 205.